The summed E-state index contributed by atoms with van der Waals surface area (Å²) in [7, 11) is 0. The molecule has 2 N–H and O–H groups in total. The molecule has 1 aromatic heterocycles. The predicted molar refractivity (Wildman–Crippen MR) is 100 cm³/mol. The molecule has 0 spiro atoms. The lowest BCUT2D eigenvalue weighted by Gasteiger charge is -2.08. The first-order chi connectivity index (χ1) is 12.7. The molecule has 26 heavy (non-hydrogen) atoms. The Labute approximate surface area is 150 Å². The summed E-state index contributed by atoms with van der Waals surface area (Å²) in [6.45, 7) is 0.486. The zero-order valence-corrected chi connectivity index (χ0v) is 14.2. The monoisotopic (exact) mass is 349 g/mol. The van der Waals surface area contributed by atoms with Gasteiger partial charge in [0.15, 0.2) is 5.43 Å². The summed E-state index contributed by atoms with van der Waals surface area (Å²) in [5.74, 6) is 1.23. The van der Waals surface area contributed by atoms with Gasteiger partial charge in [0.2, 0.25) is 0 Å². The lowest BCUT2D eigenvalue weighted by atomic mass is 10.1. The van der Waals surface area contributed by atoms with Crippen LogP contribution in [0.3, 0.4) is 0 Å². The van der Waals surface area contributed by atoms with Crippen LogP contribution in [-0.4, -0.2) is 12.4 Å². The Hall–Kier alpha value is -3.28. The van der Waals surface area contributed by atoms with E-state index in [2.05, 4.69) is 5.11 Å². The van der Waals surface area contributed by atoms with E-state index < -0.39 is 0 Å². The quantitative estimate of drug-likeness (QED) is 0.271. The van der Waals surface area contributed by atoms with Gasteiger partial charge in [-0.15, -0.1) is 5.11 Å². The maximum absolute atomic E-state index is 12.3. The normalized spacial score (nSPS) is 10.6. The van der Waals surface area contributed by atoms with E-state index in [1.165, 1.54) is 6.07 Å². The molecular weight excluding hydrogens is 330 g/mol. The molecule has 0 saturated carbocycles. The third kappa shape index (κ3) is 4.22. The Morgan fingerprint density at radius 1 is 1.08 bits per heavy atom. The van der Waals surface area contributed by atoms with E-state index in [-0.39, 0.29) is 11.3 Å². The molecule has 2 aromatic carbocycles. The van der Waals surface area contributed by atoms with Gasteiger partial charge in [-0.05, 0) is 25.0 Å². The second kappa shape index (κ2) is 8.20. The van der Waals surface area contributed by atoms with Gasteiger partial charge < -0.3 is 9.15 Å². The van der Waals surface area contributed by atoms with Crippen LogP contribution in [0.15, 0.2) is 68.9 Å². The van der Waals surface area contributed by atoms with Crippen molar-refractivity contribution in [2.45, 2.75) is 19.3 Å². The van der Waals surface area contributed by atoms with E-state index in [4.69, 9.17) is 20.1 Å². The summed E-state index contributed by atoms with van der Waals surface area (Å²) in [5.41, 5.74) is 7.98. The fourth-order valence-electron chi connectivity index (χ4n) is 2.61. The highest BCUT2D eigenvalue weighted by Gasteiger charge is 2.08. The SMILES string of the molecule is N=NC(=N)CCCCOc1ccc2c(=O)cc(-c3ccccc3)oc2c1. The molecule has 0 aliphatic carbocycles. The van der Waals surface area contributed by atoms with Crippen molar-refractivity contribution in [2.75, 3.05) is 6.61 Å². The summed E-state index contributed by atoms with van der Waals surface area (Å²) in [5, 5.41) is 10.9. The van der Waals surface area contributed by atoms with Crippen LogP contribution in [-0.2, 0) is 0 Å². The maximum atomic E-state index is 12.3. The second-order valence-corrected chi connectivity index (χ2v) is 5.86. The highest BCUT2D eigenvalue weighted by Crippen LogP contribution is 2.24. The van der Waals surface area contributed by atoms with Gasteiger partial charge >= 0.3 is 0 Å². The van der Waals surface area contributed by atoms with Gasteiger partial charge in [-0.1, -0.05) is 30.3 Å². The van der Waals surface area contributed by atoms with E-state index >= 15 is 0 Å². The Morgan fingerprint density at radius 3 is 2.65 bits per heavy atom. The van der Waals surface area contributed by atoms with E-state index in [9.17, 15) is 4.79 Å². The smallest absolute Gasteiger partial charge is 0.193 e. The van der Waals surface area contributed by atoms with Gasteiger partial charge in [-0.2, -0.15) is 0 Å². The van der Waals surface area contributed by atoms with Crippen LogP contribution in [0.5, 0.6) is 5.75 Å². The summed E-state index contributed by atoms with van der Waals surface area (Å²) in [4.78, 5) is 12.3. The molecule has 0 atom stereocenters. The highest BCUT2D eigenvalue weighted by atomic mass is 16.5. The number of hydrogen-bond donors (Lipinski definition) is 2. The van der Waals surface area contributed by atoms with Crippen molar-refractivity contribution in [1.29, 1.82) is 10.9 Å². The lowest BCUT2D eigenvalue weighted by Crippen LogP contribution is -2.02. The molecule has 0 radical (unpaired) electrons. The number of unbranched alkanes of at least 4 members (excludes halogenated alkanes) is 1. The Kier molecular flexibility index (Phi) is 5.53. The first kappa shape index (κ1) is 17.5. The van der Waals surface area contributed by atoms with Gasteiger partial charge in [-0.25, -0.2) is 5.53 Å². The van der Waals surface area contributed by atoms with Crippen molar-refractivity contribution in [3.05, 3.63) is 64.8 Å². The molecular formula is C20H19N3O3. The molecule has 3 aromatic rings. The van der Waals surface area contributed by atoms with Crippen molar-refractivity contribution >= 4 is 16.8 Å². The van der Waals surface area contributed by atoms with Gasteiger partial charge in [0.1, 0.15) is 22.9 Å². The average Bonchev–Trinajstić information content (AvgIpc) is 2.68. The standard InChI is InChI=1S/C20H19N3O3/c21-20(23-22)8-4-5-11-25-15-9-10-16-17(24)13-18(26-19(16)12-15)14-6-2-1-3-7-14/h1-3,6-7,9-10,12-13,21-22H,4-5,8,11H2. The number of hydrogen-bond acceptors (Lipinski definition) is 5. The number of amidine groups is 1. The van der Waals surface area contributed by atoms with Gasteiger partial charge in [0.05, 0.1) is 12.0 Å². The minimum absolute atomic E-state index is 0.0749. The van der Waals surface area contributed by atoms with Crippen LogP contribution >= 0.6 is 0 Å². The van der Waals surface area contributed by atoms with Gasteiger partial charge in [0.25, 0.3) is 0 Å². The zero-order valence-electron chi connectivity index (χ0n) is 14.2. The zero-order chi connectivity index (χ0) is 18.4. The molecule has 0 amide bonds. The van der Waals surface area contributed by atoms with Crippen molar-refractivity contribution in [1.82, 2.24) is 0 Å². The Bertz CT molecular complexity index is 981. The number of ether oxygens (including phenoxy) is 1. The largest absolute Gasteiger partial charge is 0.493 e. The summed E-state index contributed by atoms with van der Waals surface area (Å²) >= 11 is 0. The summed E-state index contributed by atoms with van der Waals surface area (Å²) < 4.78 is 11.6. The van der Waals surface area contributed by atoms with Crippen LogP contribution < -0.4 is 10.2 Å². The van der Waals surface area contributed by atoms with Crippen molar-refractivity contribution < 1.29 is 9.15 Å². The average molecular weight is 349 g/mol. The second-order valence-electron chi connectivity index (χ2n) is 5.86. The lowest BCUT2D eigenvalue weighted by molar-refractivity contribution is 0.308. The molecule has 0 aliphatic heterocycles. The van der Waals surface area contributed by atoms with Crippen LogP contribution in [0.1, 0.15) is 19.3 Å². The maximum Gasteiger partial charge on any atom is 0.193 e. The number of nitrogens with zero attached hydrogens (tertiary/aromatic N) is 1. The molecule has 0 bridgehead atoms. The molecule has 6 nitrogen and oxygen atoms in total. The van der Waals surface area contributed by atoms with Crippen molar-refractivity contribution in [2.24, 2.45) is 5.11 Å². The summed E-state index contributed by atoms with van der Waals surface area (Å²) in [6, 6.07) is 16.2. The molecule has 6 heteroatoms. The summed E-state index contributed by atoms with van der Waals surface area (Å²) in [6.07, 6.45) is 1.96. The van der Waals surface area contributed by atoms with Crippen LogP contribution in [0.25, 0.3) is 22.3 Å². The van der Waals surface area contributed by atoms with Crippen LogP contribution in [0.2, 0.25) is 0 Å². The number of nitrogens with one attached hydrogen (secondary N) is 2. The minimum atomic E-state index is -0.0886. The van der Waals surface area contributed by atoms with Crippen molar-refractivity contribution in [3.63, 3.8) is 0 Å². The fourth-order valence-corrected chi connectivity index (χ4v) is 2.61. The van der Waals surface area contributed by atoms with Gasteiger partial charge in [0, 0.05) is 24.1 Å². The number of fused-ring (bicyclic) bond motifs is 1. The molecule has 0 fully saturated rings. The predicted octanol–water partition coefficient (Wildman–Crippen LogP) is 5.02. The Morgan fingerprint density at radius 2 is 1.88 bits per heavy atom. The molecule has 0 saturated heterocycles. The van der Waals surface area contributed by atoms with Crippen LogP contribution in [0.4, 0.5) is 0 Å². The number of benzene rings is 2. The first-order valence-electron chi connectivity index (χ1n) is 8.38. The third-order valence-electron chi connectivity index (χ3n) is 3.97. The third-order valence-corrected chi connectivity index (χ3v) is 3.97. The molecule has 0 aliphatic rings. The highest BCUT2D eigenvalue weighted by molar-refractivity contribution is 5.80. The van der Waals surface area contributed by atoms with Crippen molar-refractivity contribution in [3.8, 4) is 17.1 Å². The van der Waals surface area contributed by atoms with E-state index in [1.54, 1.807) is 18.2 Å². The van der Waals surface area contributed by atoms with E-state index in [0.29, 0.717) is 35.5 Å². The molecule has 132 valence electrons. The number of rotatable bonds is 7. The van der Waals surface area contributed by atoms with E-state index in [1.807, 2.05) is 30.3 Å². The van der Waals surface area contributed by atoms with Crippen LogP contribution in [0, 0.1) is 10.9 Å². The topological polar surface area (TPSA) is 99.5 Å². The van der Waals surface area contributed by atoms with Gasteiger partial charge in [-0.3, -0.25) is 10.2 Å². The molecule has 1 heterocycles. The Balaban J connectivity index is 1.74. The first-order valence-corrected chi connectivity index (χ1v) is 8.38. The van der Waals surface area contributed by atoms with E-state index in [0.717, 1.165) is 18.4 Å². The molecule has 0 unspecified atom stereocenters. The molecule has 3 rings (SSSR count). The fraction of sp³-hybridized carbons (Fsp3) is 0.200. The minimum Gasteiger partial charge on any atom is -0.493 e.